The summed E-state index contributed by atoms with van der Waals surface area (Å²) >= 11 is 0. The van der Waals surface area contributed by atoms with Crippen LogP contribution < -0.4 is 5.32 Å². The van der Waals surface area contributed by atoms with E-state index in [0.29, 0.717) is 24.4 Å². The molecule has 6 heteroatoms. The molecule has 3 atom stereocenters. The second kappa shape index (κ2) is 6.01. The zero-order valence-corrected chi connectivity index (χ0v) is 12.3. The third-order valence-electron chi connectivity index (χ3n) is 4.14. The number of hydrogen-bond acceptors (Lipinski definition) is 3. The fourth-order valence-corrected chi connectivity index (χ4v) is 2.83. The smallest absolute Gasteiger partial charge is 0.391 e. The predicted octanol–water partition coefficient (Wildman–Crippen LogP) is 3.51. The molecule has 0 unspecified atom stereocenters. The number of furan rings is 1. The van der Waals surface area contributed by atoms with E-state index in [2.05, 4.69) is 5.32 Å². The van der Waals surface area contributed by atoms with Gasteiger partial charge in [0.1, 0.15) is 17.1 Å². The number of rotatable bonds is 4. The molecule has 1 aliphatic carbocycles. The van der Waals surface area contributed by atoms with Crippen LogP contribution in [-0.2, 0) is 5.60 Å². The summed E-state index contributed by atoms with van der Waals surface area (Å²) in [6.45, 7) is 3.56. The highest BCUT2D eigenvalue weighted by atomic mass is 19.4. The van der Waals surface area contributed by atoms with E-state index >= 15 is 0 Å². The van der Waals surface area contributed by atoms with E-state index in [0.717, 1.165) is 0 Å². The Morgan fingerprint density at radius 3 is 2.62 bits per heavy atom. The second-order valence-corrected chi connectivity index (χ2v) is 6.17. The highest BCUT2D eigenvalue weighted by Crippen LogP contribution is 2.37. The molecule has 0 radical (unpaired) electrons. The molecule has 1 aromatic rings. The molecule has 0 bridgehead atoms. The van der Waals surface area contributed by atoms with Crippen LogP contribution in [0.3, 0.4) is 0 Å². The summed E-state index contributed by atoms with van der Waals surface area (Å²) in [6, 6.07) is 3.23. The number of hydrogen-bond donors (Lipinski definition) is 2. The summed E-state index contributed by atoms with van der Waals surface area (Å²) < 4.78 is 43.7. The Hall–Kier alpha value is -1.01. The first-order chi connectivity index (χ1) is 9.68. The van der Waals surface area contributed by atoms with Crippen molar-refractivity contribution in [2.75, 3.05) is 6.54 Å². The molecule has 0 aliphatic heterocycles. The molecule has 0 amide bonds. The lowest BCUT2D eigenvalue weighted by Gasteiger charge is -2.33. The summed E-state index contributed by atoms with van der Waals surface area (Å²) in [5.41, 5.74) is -1.22. The van der Waals surface area contributed by atoms with Gasteiger partial charge in [0.15, 0.2) is 0 Å². The van der Waals surface area contributed by atoms with Crippen LogP contribution in [0.5, 0.6) is 0 Å². The lowest BCUT2D eigenvalue weighted by Crippen LogP contribution is -2.44. The van der Waals surface area contributed by atoms with Crippen LogP contribution in [0.4, 0.5) is 13.2 Å². The van der Waals surface area contributed by atoms with Gasteiger partial charge in [-0.05, 0) is 45.2 Å². The molecule has 0 saturated heterocycles. The van der Waals surface area contributed by atoms with Crippen LogP contribution in [0.25, 0.3) is 0 Å². The first-order valence-electron chi connectivity index (χ1n) is 7.28. The SMILES string of the molecule is Cc1ccc([C@](C)(O)CN[C@H]2CCC[C@@H](C(F)(F)F)C2)o1. The summed E-state index contributed by atoms with van der Waals surface area (Å²) in [7, 11) is 0. The quantitative estimate of drug-likeness (QED) is 0.895. The Balaban J connectivity index is 1.90. The molecule has 1 heterocycles. The molecule has 2 rings (SSSR count). The van der Waals surface area contributed by atoms with Gasteiger partial charge in [0, 0.05) is 12.6 Å². The van der Waals surface area contributed by atoms with Gasteiger partial charge in [0.05, 0.1) is 5.92 Å². The monoisotopic (exact) mass is 305 g/mol. The minimum absolute atomic E-state index is 0.0801. The van der Waals surface area contributed by atoms with Crippen LogP contribution in [0.2, 0.25) is 0 Å². The largest absolute Gasteiger partial charge is 0.463 e. The fourth-order valence-electron chi connectivity index (χ4n) is 2.83. The van der Waals surface area contributed by atoms with Crippen molar-refractivity contribution < 1.29 is 22.7 Å². The van der Waals surface area contributed by atoms with Crippen LogP contribution >= 0.6 is 0 Å². The van der Waals surface area contributed by atoms with Crippen molar-refractivity contribution in [1.82, 2.24) is 5.32 Å². The standard InChI is InChI=1S/C15H22F3NO2/c1-10-6-7-13(21-10)14(2,20)9-19-12-5-3-4-11(8-12)15(16,17)18/h6-7,11-12,19-20H,3-5,8-9H2,1-2H3/t11-,12+,14-/m1/s1. The van der Waals surface area contributed by atoms with Crippen LogP contribution in [0, 0.1) is 12.8 Å². The van der Waals surface area contributed by atoms with Gasteiger partial charge in [-0.2, -0.15) is 13.2 Å². The summed E-state index contributed by atoms with van der Waals surface area (Å²) in [5.74, 6) is -0.115. The Morgan fingerprint density at radius 1 is 1.33 bits per heavy atom. The minimum atomic E-state index is -4.12. The van der Waals surface area contributed by atoms with Gasteiger partial charge in [-0.25, -0.2) is 0 Å². The van der Waals surface area contributed by atoms with Crippen LogP contribution in [0.15, 0.2) is 16.5 Å². The van der Waals surface area contributed by atoms with Crippen molar-refractivity contribution in [2.24, 2.45) is 5.92 Å². The van der Waals surface area contributed by atoms with Gasteiger partial charge in [-0.15, -0.1) is 0 Å². The van der Waals surface area contributed by atoms with E-state index in [-0.39, 0.29) is 25.4 Å². The van der Waals surface area contributed by atoms with E-state index in [9.17, 15) is 18.3 Å². The second-order valence-electron chi connectivity index (χ2n) is 6.17. The zero-order valence-electron chi connectivity index (χ0n) is 12.3. The molecule has 0 aromatic carbocycles. The number of aryl methyl sites for hydroxylation is 1. The first kappa shape index (κ1) is 16.4. The van der Waals surface area contributed by atoms with Crippen molar-refractivity contribution in [3.8, 4) is 0 Å². The van der Waals surface area contributed by atoms with Gasteiger partial charge in [-0.1, -0.05) is 6.42 Å². The van der Waals surface area contributed by atoms with Crippen molar-refractivity contribution in [3.63, 3.8) is 0 Å². The van der Waals surface area contributed by atoms with E-state index in [4.69, 9.17) is 4.42 Å². The molecule has 1 aliphatic rings. The van der Waals surface area contributed by atoms with E-state index < -0.39 is 17.7 Å². The maximum Gasteiger partial charge on any atom is 0.391 e. The lowest BCUT2D eigenvalue weighted by molar-refractivity contribution is -0.183. The molecule has 1 aromatic heterocycles. The Labute approximate surface area is 122 Å². The zero-order chi connectivity index (χ0) is 15.7. The molecule has 1 fully saturated rings. The van der Waals surface area contributed by atoms with Crippen molar-refractivity contribution in [3.05, 3.63) is 23.7 Å². The van der Waals surface area contributed by atoms with Crippen molar-refractivity contribution in [2.45, 2.75) is 57.3 Å². The van der Waals surface area contributed by atoms with Crippen LogP contribution in [0.1, 0.15) is 44.1 Å². The third kappa shape index (κ3) is 4.23. The van der Waals surface area contributed by atoms with Gasteiger partial charge < -0.3 is 14.8 Å². The Kier molecular flexibility index (Phi) is 4.68. The average molecular weight is 305 g/mol. The maximum atomic E-state index is 12.8. The molecule has 2 N–H and O–H groups in total. The molecule has 3 nitrogen and oxygen atoms in total. The molecule has 21 heavy (non-hydrogen) atoms. The van der Waals surface area contributed by atoms with E-state index in [1.165, 1.54) is 0 Å². The summed E-state index contributed by atoms with van der Waals surface area (Å²) in [4.78, 5) is 0. The van der Waals surface area contributed by atoms with E-state index in [1.807, 2.05) is 0 Å². The van der Waals surface area contributed by atoms with Gasteiger partial charge in [0.2, 0.25) is 0 Å². The highest BCUT2D eigenvalue weighted by Gasteiger charge is 2.42. The Bertz CT molecular complexity index is 468. The molecule has 1 saturated carbocycles. The number of halogens is 3. The minimum Gasteiger partial charge on any atom is -0.463 e. The molecule has 0 spiro atoms. The predicted molar refractivity (Wildman–Crippen MR) is 72.8 cm³/mol. The lowest BCUT2D eigenvalue weighted by atomic mass is 9.85. The highest BCUT2D eigenvalue weighted by molar-refractivity contribution is 5.13. The fraction of sp³-hybridized carbons (Fsp3) is 0.733. The topological polar surface area (TPSA) is 45.4 Å². The van der Waals surface area contributed by atoms with Crippen molar-refractivity contribution in [1.29, 1.82) is 0 Å². The van der Waals surface area contributed by atoms with Crippen molar-refractivity contribution >= 4 is 0 Å². The molecular formula is C15H22F3NO2. The van der Waals surface area contributed by atoms with Crippen LogP contribution in [-0.4, -0.2) is 23.9 Å². The van der Waals surface area contributed by atoms with Gasteiger partial charge in [-0.3, -0.25) is 0 Å². The molecule has 120 valence electrons. The van der Waals surface area contributed by atoms with Gasteiger partial charge in [0.25, 0.3) is 0 Å². The average Bonchev–Trinajstić information content (AvgIpc) is 2.83. The third-order valence-corrected chi connectivity index (χ3v) is 4.14. The van der Waals surface area contributed by atoms with Gasteiger partial charge >= 0.3 is 6.18 Å². The first-order valence-corrected chi connectivity index (χ1v) is 7.28. The maximum absolute atomic E-state index is 12.8. The number of aliphatic hydroxyl groups is 1. The summed E-state index contributed by atoms with van der Waals surface area (Å²) in [5, 5.41) is 13.4. The number of nitrogens with one attached hydrogen (secondary N) is 1. The van der Waals surface area contributed by atoms with E-state index in [1.54, 1.807) is 26.0 Å². The summed E-state index contributed by atoms with van der Waals surface area (Å²) in [6.07, 6.45) is -2.57. The Morgan fingerprint density at radius 2 is 2.05 bits per heavy atom. The molecular weight excluding hydrogens is 283 g/mol. The number of alkyl halides is 3. The normalized spacial score (nSPS) is 26.6.